The van der Waals surface area contributed by atoms with Gasteiger partial charge in [0.1, 0.15) is 0 Å². The SMILES string of the molecule is C=C=C=C(Cl)Cl. The molecule has 0 aliphatic heterocycles. The van der Waals surface area contributed by atoms with Gasteiger partial charge >= 0.3 is 0 Å². The molecule has 0 aliphatic rings. The maximum Gasteiger partial charge on any atom is 0.156 e. The third kappa shape index (κ3) is 3.88. The lowest BCUT2D eigenvalue weighted by Crippen LogP contribution is -1.32. The van der Waals surface area contributed by atoms with Crippen LogP contribution in [0.5, 0.6) is 0 Å². The molecule has 0 spiro atoms. The Labute approximate surface area is 46.4 Å². The summed E-state index contributed by atoms with van der Waals surface area (Å²) in [6, 6.07) is 0. The number of halogens is 2. The quantitative estimate of drug-likeness (QED) is 0.431. The van der Waals surface area contributed by atoms with Gasteiger partial charge in [0.15, 0.2) is 4.49 Å². The highest BCUT2D eigenvalue weighted by atomic mass is 35.5. The van der Waals surface area contributed by atoms with E-state index in [1.54, 1.807) is 0 Å². The van der Waals surface area contributed by atoms with Crippen molar-refractivity contribution in [1.82, 2.24) is 0 Å². The van der Waals surface area contributed by atoms with E-state index in [0.29, 0.717) is 0 Å². The summed E-state index contributed by atoms with van der Waals surface area (Å²) in [5.41, 5.74) is 4.56. The van der Waals surface area contributed by atoms with E-state index in [0.717, 1.165) is 0 Å². The zero-order valence-corrected chi connectivity index (χ0v) is 4.47. The van der Waals surface area contributed by atoms with E-state index in [2.05, 4.69) is 18.0 Å². The van der Waals surface area contributed by atoms with Gasteiger partial charge in [0, 0.05) is 0 Å². The van der Waals surface area contributed by atoms with Crippen LogP contribution in [-0.4, -0.2) is 0 Å². The van der Waals surface area contributed by atoms with Crippen LogP contribution >= 0.6 is 23.2 Å². The molecule has 6 heavy (non-hydrogen) atoms. The fourth-order valence-electron chi connectivity index (χ4n) is 0.0668. The molecular weight excluding hydrogens is 119 g/mol. The zero-order chi connectivity index (χ0) is 4.99. The Bertz CT molecular complexity index is 110. The minimum Gasteiger partial charge on any atom is -0.0756 e. The van der Waals surface area contributed by atoms with E-state index in [9.17, 15) is 0 Å². The van der Waals surface area contributed by atoms with E-state index >= 15 is 0 Å². The molecule has 0 aliphatic carbocycles. The van der Waals surface area contributed by atoms with E-state index in [-0.39, 0.29) is 4.49 Å². The van der Waals surface area contributed by atoms with Crippen molar-refractivity contribution < 1.29 is 0 Å². The molecule has 0 atom stereocenters. The zero-order valence-electron chi connectivity index (χ0n) is 2.96. The Kier molecular flexibility index (Phi) is 3.02. The van der Waals surface area contributed by atoms with Crippen LogP contribution in [0.4, 0.5) is 0 Å². The molecule has 0 amide bonds. The van der Waals surface area contributed by atoms with Crippen LogP contribution in [0.2, 0.25) is 0 Å². The molecule has 0 unspecified atom stereocenters. The smallest absolute Gasteiger partial charge is 0.0756 e. The lowest BCUT2D eigenvalue weighted by molar-refractivity contribution is 2.24. The summed E-state index contributed by atoms with van der Waals surface area (Å²) in [6.45, 7) is 3.18. The third-order valence-electron chi connectivity index (χ3n) is 0.183. The van der Waals surface area contributed by atoms with Crippen molar-refractivity contribution in [2.45, 2.75) is 0 Å². The molecule has 0 aromatic rings. The fourth-order valence-corrected chi connectivity index (χ4v) is 0.200. The molecule has 0 nitrogen and oxygen atoms in total. The topological polar surface area (TPSA) is 0 Å². The summed E-state index contributed by atoms with van der Waals surface area (Å²) in [4.78, 5) is 0. The van der Waals surface area contributed by atoms with Crippen LogP contribution in [-0.2, 0) is 0 Å². The second kappa shape index (κ2) is 3.08. The van der Waals surface area contributed by atoms with Crippen molar-refractivity contribution in [1.29, 1.82) is 0 Å². The Morgan fingerprint density at radius 1 is 1.50 bits per heavy atom. The first-order valence-electron chi connectivity index (χ1n) is 1.23. The van der Waals surface area contributed by atoms with Crippen molar-refractivity contribution >= 4 is 23.2 Å². The predicted molar refractivity (Wildman–Crippen MR) is 27.9 cm³/mol. The average Bonchev–Trinajstić information content (AvgIpc) is 1.35. The van der Waals surface area contributed by atoms with E-state index < -0.39 is 0 Å². The Morgan fingerprint density at radius 3 is 2.00 bits per heavy atom. The van der Waals surface area contributed by atoms with Crippen molar-refractivity contribution in [3.05, 3.63) is 22.5 Å². The summed E-state index contributed by atoms with van der Waals surface area (Å²) < 4.78 is 0.0602. The first-order chi connectivity index (χ1) is 2.77. The number of hydrogen-bond acceptors (Lipinski definition) is 0. The van der Waals surface area contributed by atoms with Crippen LogP contribution < -0.4 is 0 Å². The Morgan fingerprint density at radius 2 is 2.00 bits per heavy atom. The molecule has 2 heteroatoms. The summed E-state index contributed by atoms with van der Waals surface area (Å²) in [6.07, 6.45) is 0. The molecule has 0 saturated heterocycles. The molecule has 32 valence electrons. The summed E-state index contributed by atoms with van der Waals surface area (Å²) in [7, 11) is 0. The highest BCUT2D eigenvalue weighted by molar-refractivity contribution is 6.55. The van der Waals surface area contributed by atoms with Gasteiger partial charge < -0.3 is 0 Å². The van der Waals surface area contributed by atoms with Gasteiger partial charge in [-0.25, -0.2) is 0 Å². The third-order valence-corrected chi connectivity index (χ3v) is 0.372. The van der Waals surface area contributed by atoms with Gasteiger partial charge in [-0.2, -0.15) is 0 Å². The minimum atomic E-state index is 0.0602. The summed E-state index contributed by atoms with van der Waals surface area (Å²) in [5, 5.41) is 0. The van der Waals surface area contributed by atoms with Gasteiger partial charge in [0.05, 0.1) is 0 Å². The maximum absolute atomic E-state index is 5.05. The first-order valence-corrected chi connectivity index (χ1v) is 1.99. The van der Waals surface area contributed by atoms with Gasteiger partial charge in [-0.15, -0.1) is 0 Å². The molecule has 0 saturated carbocycles. The van der Waals surface area contributed by atoms with Gasteiger partial charge in [-0.1, -0.05) is 28.9 Å². The molecule has 0 rings (SSSR count). The molecule has 0 heterocycles. The summed E-state index contributed by atoms with van der Waals surface area (Å²) >= 11 is 10.1. The largest absolute Gasteiger partial charge is 0.156 e. The molecular formula is C4H2Cl2. The van der Waals surface area contributed by atoms with Gasteiger partial charge in [0.2, 0.25) is 0 Å². The second-order valence-electron chi connectivity index (χ2n) is 0.562. The second-order valence-corrected chi connectivity index (χ2v) is 1.51. The van der Waals surface area contributed by atoms with E-state index in [1.807, 2.05) is 0 Å². The van der Waals surface area contributed by atoms with Crippen LogP contribution in [0.25, 0.3) is 0 Å². The van der Waals surface area contributed by atoms with Gasteiger partial charge in [0.25, 0.3) is 0 Å². The number of rotatable bonds is 0. The van der Waals surface area contributed by atoms with Crippen molar-refractivity contribution in [2.24, 2.45) is 0 Å². The van der Waals surface area contributed by atoms with Crippen LogP contribution in [0.3, 0.4) is 0 Å². The standard InChI is InChI=1S/C4H2Cl2/c1-2-3-4(5)6/h1H2. The first kappa shape index (κ1) is 5.88. The molecule has 0 N–H and O–H groups in total. The molecule has 0 radical (unpaired) electrons. The fraction of sp³-hybridized carbons (Fsp3) is 0. The predicted octanol–water partition coefficient (Wildman–Crippen LogP) is 2.25. The molecule has 0 bridgehead atoms. The van der Waals surface area contributed by atoms with Gasteiger partial charge in [-0.3, -0.25) is 0 Å². The van der Waals surface area contributed by atoms with Crippen molar-refractivity contribution in [3.63, 3.8) is 0 Å². The van der Waals surface area contributed by atoms with Crippen molar-refractivity contribution in [2.75, 3.05) is 0 Å². The van der Waals surface area contributed by atoms with E-state index in [1.165, 1.54) is 0 Å². The van der Waals surface area contributed by atoms with Crippen LogP contribution in [0.15, 0.2) is 22.5 Å². The minimum absolute atomic E-state index is 0.0602. The summed E-state index contributed by atoms with van der Waals surface area (Å²) in [5.74, 6) is 0. The Hall–Kier alpha value is -0.120. The highest BCUT2D eigenvalue weighted by Gasteiger charge is 1.68. The number of hydrogen-bond donors (Lipinski definition) is 0. The average molecular weight is 121 g/mol. The lowest BCUT2D eigenvalue weighted by Gasteiger charge is -1.59. The molecule has 0 aromatic carbocycles. The van der Waals surface area contributed by atoms with E-state index in [4.69, 9.17) is 23.2 Å². The van der Waals surface area contributed by atoms with Crippen molar-refractivity contribution in [3.8, 4) is 0 Å². The molecule has 0 fully saturated rings. The highest BCUT2D eigenvalue weighted by Crippen LogP contribution is 2.01. The van der Waals surface area contributed by atoms with Crippen LogP contribution in [0, 0.1) is 0 Å². The van der Waals surface area contributed by atoms with Crippen LogP contribution in [0.1, 0.15) is 0 Å². The Balaban J connectivity index is 4.13. The monoisotopic (exact) mass is 120 g/mol. The normalized spacial score (nSPS) is 5.67. The van der Waals surface area contributed by atoms with Gasteiger partial charge in [-0.05, 0) is 12.3 Å². The molecule has 0 aromatic heterocycles. The maximum atomic E-state index is 5.05. The lowest BCUT2D eigenvalue weighted by atomic mass is 10.9.